The molecule has 0 saturated carbocycles. The molecule has 0 aromatic rings. The minimum absolute atomic E-state index is 0.804. The van der Waals surface area contributed by atoms with Crippen molar-refractivity contribution >= 4 is 0 Å². The van der Waals surface area contributed by atoms with Gasteiger partial charge in [-0.3, -0.25) is 5.32 Å². The molecule has 1 N–H and O–H groups in total. The van der Waals surface area contributed by atoms with Crippen LogP contribution in [0.25, 0.3) is 0 Å². The van der Waals surface area contributed by atoms with E-state index < -0.39 is 0 Å². The number of ether oxygens (including phenoxy) is 1. The Labute approximate surface area is 114 Å². The van der Waals surface area contributed by atoms with Gasteiger partial charge >= 0.3 is 0 Å². The number of fused-ring (bicyclic) bond motifs is 1. The van der Waals surface area contributed by atoms with Crippen molar-refractivity contribution in [3.63, 3.8) is 0 Å². The van der Waals surface area contributed by atoms with E-state index >= 15 is 0 Å². The van der Waals surface area contributed by atoms with Crippen LogP contribution in [0.5, 0.6) is 0 Å². The summed E-state index contributed by atoms with van der Waals surface area (Å²) in [5.41, 5.74) is 2.43. The zero-order valence-corrected chi connectivity index (χ0v) is 11.4. The van der Waals surface area contributed by atoms with Gasteiger partial charge in [-0.05, 0) is 19.0 Å². The first-order valence-electron chi connectivity index (χ1n) is 7.04. The predicted molar refractivity (Wildman–Crippen MR) is 76.5 cm³/mol. The number of nitrogens with zero attached hydrogens (tertiary/aromatic N) is 1. The average molecular weight is 257 g/mol. The molecule has 1 atom stereocenters. The molecule has 0 amide bonds. The molecule has 0 spiro atoms. The monoisotopic (exact) mass is 257 g/mol. The topological polar surface area (TPSA) is 21.3 Å². The van der Waals surface area contributed by atoms with Crippen molar-refractivity contribution in [3.05, 3.63) is 59.9 Å². The minimum Gasteiger partial charge on any atom is -0.462 e. The molecule has 2 aliphatic heterocycles. The Hall–Kier alpha value is -1.58. The maximum Gasteiger partial charge on any atom is 0.174 e. The Morgan fingerprint density at radius 1 is 1.26 bits per heavy atom. The second-order valence-corrected chi connectivity index (χ2v) is 5.18. The molecule has 3 nitrogen and oxygen atoms in total. The van der Waals surface area contributed by atoms with Crippen LogP contribution in [-0.2, 0) is 4.74 Å². The van der Waals surface area contributed by atoms with Crippen molar-refractivity contribution < 1.29 is 9.22 Å². The van der Waals surface area contributed by atoms with E-state index in [-0.39, 0.29) is 0 Å². The van der Waals surface area contributed by atoms with Gasteiger partial charge in [0.2, 0.25) is 0 Å². The van der Waals surface area contributed by atoms with E-state index in [0.717, 1.165) is 42.8 Å². The fourth-order valence-electron chi connectivity index (χ4n) is 2.72. The Morgan fingerprint density at radius 3 is 3.11 bits per heavy atom. The highest BCUT2D eigenvalue weighted by molar-refractivity contribution is 5.37. The number of nitrogens with one attached hydrogen (secondary N) is 1. The molecule has 19 heavy (non-hydrogen) atoms. The lowest BCUT2D eigenvalue weighted by molar-refractivity contribution is -0.831. The SMILES string of the molecule is CCNC[N+]12/C=C\C3=C(CCC=C3)O/C=C\1C=CC2. The van der Waals surface area contributed by atoms with Crippen molar-refractivity contribution in [3.8, 4) is 0 Å². The van der Waals surface area contributed by atoms with Crippen molar-refractivity contribution in [2.75, 3.05) is 19.8 Å². The highest BCUT2D eigenvalue weighted by Crippen LogP contribution is 2.31. The Morgan fingerprint density at radius 2 is 2.21 bits per heavy atom. The molecule has 3 heteroatoms. The summed E-state index contributed by atoms with van der Waals surface area (Å²) in [5.74, 6) is 1.09. The summed E-state index contributed by atoms with van der Waals surface area (Å²) >= 11 is 0. The van der Waals surface area contributed by atoms with Gasteiger partial charge in [0, 0.05) is 24.1 Å². The second kappa shape index (κ2) is 5.19. The molecule has 0 fully saturated rings. The van der Waals surface area contributed by atoms with E-state index in [1.54, 1.807) is 0 Å². The molecule has 3 rings (SSSR count). The van der Waals surface area contributed by atoms with Crippen molar-refractivity contribution in [2.45, 2.75) is 19.8 Å². The third kappa shape index (κ3) is 2.31. The van der Waals surface area contributed by atoms with E-state index in [2.05, 4.69) is 48.8 Å². The molecular formula is C16H21N2O+. The molecular weight excluding hydrogens is 236 g/mol. The molecule has 1 unspecified atom stereocenters. The van der Waals surface area contributed by atoms with Gasteiger partial charge in [0.15, 0.2) is 12.0 Å². The molecule has 0 aromatic heterocycles. The molecule has 2 heterocycles. The number of allylic oxidation sites excluding steroid dienone is 6. The van der Waals surface area contributed by atoms with E-state index in [0.29, 0.717) is 0 Å². The van der Waals surface area contributed by atoms with Crippen LogP contribution in [0.15, 0.2) is 59.9 Å². The number of hydrogen-bond donors (Lipinski definition) is 1. The van der Waals surface area contributed by atoms with Gasteiger partial charge in [-0.1, -0.05) is 19.1 Å². The maximum absolute atomic E-state index is 5.93. The zero-order chi connectivity index (χ0) is 13.1. The zero-order valence-electron chi connectivity index (χ0n) is 11.4. The van der Waals surface area contributed by atoms with Gasteiger partial charge in [0.05, 0.1) is 0 Å². The van der Waals surface area contributed by atoms with E-state index in [1.807, 2.05) is 6.26 Å². The summed E-state index contributed by atoms with van der Waals surface area (Å²) in [4.78, 5) is 0. The fraction of sp³-hybridized carbons (Fsp3) is 0.375. The Kier molecular flexibility index (Phi) is 3.40. The van der Waals surface area contributed by atoms with E-state index in [1.165, 1.54) is 11.3 Å². The van der Waals surface area contributed by atoms with Crippen molar-refractivity contribution in [1.82, 2.24) is 5.32 Å². The lowest BCUT2D eigenvalue weighted by Gasteiger charge is -2.32. The van der Waals surface area contributed by atoms with Crippen LogP contribution >= 0.6 is 0 Å². The third-order valence-corrected chi connectivity index (χ3v) is 3.90. The number of hydrogen-bond acceptors (Lipinski definition) is 2. The summed E-state index contributed by atoms with van der Waals surface area (Å²) in [5, 5.41) is 3.45. The second-order valence-electron chi connectivity index (χ2n) is 5.18. The summed E-state index contributed by atoms with van der Waals surface area (Å²) in [6, 6.07) is 0. The van der Waals surface area contributed by atoms with Crippen LogP contribution in [0.2, 0.25) is 0 Å². The van der Waals surface area contributed by atoms with E-state index in [9.17, 15) is 0 Å². The van der Waals surface area contributed by atoms with Crippen LogP contribution in [-0.4, -0.2) is 24.2 Å². The van der Waals surface area contributed by atoms with Gasteiger partial charge in [0.1, 0.15) is 25.2 Å². The van der Waals surface area contributed by atoms with E-state index in [4.69, 9.17) is 4.74 Å². The highest BCUT2D eigenvalue weighted by atomic mass is 16.5. The molecule has 0 bridgehead atoms. The molecule has 3 aliphatic rings. The van der Waals surface area contributed by atoms with Crippen LogP contribution in [0, 0.1) is 0 Å². The van der Waals surface area contributed by atoms with Crippen LogP contribution in [0.1, 0.15) is 19.8 Å². The summed E-state index contributed by atoms with van der Waals surface area (Å²) < 4.78 is 6.73. The molecule has 0 saturated heterocycles. The Bertz CT molecular complexity index is 511. The summed E-state index contributed by atoms with van der Waals surface area (Å²) in [6.07, 6.45) is 17.3. The fourth-order valence-corrected chi connectivity index (χ4v) is 2.72. The molecule has 0 aromatic carbocycles. The predicted octanol–water partition coefficient (Wildman–Crippen LogP) is 2.93. The van der Waals surface area contributed by atoms with Crippen LogP contribution in [0.3, 0.4) is 0 Å². The van der Waals surface area contributed by atoms with Crippen LogP contribution in [0.4, 0.5) is 0 Å². The minimum atomic E-state index is 0.804. The quantitative estimate of drug-likeness (QED) is 0.785. The standard InChI is InChI=1S/C16H21N2O/c1-2-17-13-18-10-5-7-15(18)12-19-16-8-4-3-6-14(16)9-11-18/h3,5-7,9,11-12,17H,2,4,8,10,13H2,1H3/q+1/b11-9-,15-12-. The number of quaternary nitrogens is 1. The van der Waals surface area contributed by atoms with Gasteiger partial charge < -0.3 is 4.74 Å². The summed E-state index contributed by atoms with van der Waals surface area (Å²) in [6.45, 7) is 5.02. The summed E-state index contributed by atoms with van der Waals surface area (Å²) in [7, 11) is 0. The van der Waals surface area contributed by atoms with Crippen molar-refractivity contribution in [2.24, 2.45) is 0 Å². The lowest BCUT2D eigenvalue weighted by atomic mass is 10.0. The normalized spacial score (nSPS) is 32.8. The number of rotatable bonds is 3. The maximum atomic E-state index is 5.93. The van der Waals surface area contributed by atoms with Crippen LogP contribution < -0.4 is 5.32 Å². The van der Waals surface area contributed by atoms with Gasteiger partial charge in [0.25, 0.3) is 0 Å². The molecule has 0 radical (unpaired) electrons. The Balaban J connectivity index is 1.94. The van der Waals surface area contributed by atoms with Gasteiger partial charge in [-0.25, -0.2) is 4.48 Å². The molecule has 1 aliphatic carbocycles. The first-order valence-corrected chi connectivity index (χ1v) is 7.04. The first-order chi connectivity index (χ1) is 9.34. The third-order valence-electron chi connectivity index (χ3n) is 3.90. The van der Waals surface area contributed by atoms with Gasteiger partial charge in [-0.15, -0.1) is 0 Å². The smallest absolute Gasteiger partial charge is 0.174 e. The first kappa shape index (κ1) is 12.5. The largest absolute Gasteiger partial charge is 0.462 e. The average Bonchev–Trinajstić information content (AvgIpc) is 2.82. The lowest BCUT2D eigenvalue weighted by Crippen LogP contribution is -2.46. The van der Waals surface area contributed by atoms with Gasteiger partial charge in [-0.2, -0.15) is 0 Å². The van der Waals surface area contributed by atoms with Crippen molar-refractivity contribution in [1.29, 1.82) is 0 Å². The highest BCUT2D eigenvalue weighted by Gasteiger charge is 2.33. The molecule has 100 valence electrons.